The van der Waals surface area contributed by atoms with Crippen LogP contribution >= 0.6 is 0 Å². The third-order valence-electron chi connectivity index (χ3n) is 2.37. The van der Waals surface area contributed by atoms with Gasteiger partial charge in [-0.15, -0.1) is 0 Å². The Labute approximate surface area is 92.3 Å². The van der Waals surface area contributed by atoms with Crippen LogP contribution in [0, 0.1) is 0 Å². The van der Waals surface area contributed by atoms with Crippen molar-refractivity contribution in [3.63, 3.8) is 0 Å². The number of aliphatic carboxylic acids is 1. The molecule has 2 heterocycles. The molecular weight excluding hydrogens is 208 g/mol. The molecule has 16 heavy (non-hydrogen) atoms. The predicted molar refractivity (Wildman–Crippen MR) is 57.7 cm³/mol. The summed E-state index contributed by atoms with van der Waals surface area (Å²) in [5.41, 5.74) is 0.932. The first-order valence-corrected chi connectivity index (χ1v) is 4.92. The molecule has 2 aromatic heterocycles. The number of rotatable bonds is 4. The first kappa shape index (κ1) is 10.5. The van der Waals surface area contributed by atoms with E-state index in [9.17, 15) is 4.79 Å². The summed E-state index contributed by atoms with van der Waals surface area (Å²) in [6.45, 7) is 0. The summed E-state index contributed by atoms with van der Waals surface area (Å²) in [7, 11) is 1.59. The maximum Gasteiger partial charge on any atom is 0.303 e. The molecule has 5 nitrogen and oxygen atoms in total. The lowest BCUT2D eigenvalue weighted by molar-refractivity contribution is -0.137. The molecule has 84 valence electrons. The molecule has 2 rings (SSSR count). The maximum absolute atomic E-state index is 10.5. The molecule has 1 N–H and O–H groups in total. The number of imidazole rings is 1. The molecule has 0 spiro atoms. The Morgan fingerprint density at radius 2 is 2.38 bits per heavy atom. The number of carboxylic acids is 1. The molecule has 0 aliphatic heterocycles. The van der Waals surface area contributed by atoms with Crippen molar-refractivity contribution in [3.05, 3.63) is 30.4 Å². The summed E-state index contributed by atoms with van der Waals surface area (Å²) < 4.78 is 6.96. The van der Waals surface area contributed by atoms with Crippen LogP contribution in [0.5, 0.6) is 5.75 Å². The highest BCUT2D eigenvalue weighted by Gasteiger charge is 2.06. The predicted octanol–water partition coefficient (Wildman–Crippen LogP) is 1.36. The van der Waals surface area contributed by atoms with Crippen molar-refractivity contribution in [2.75, 3.05) is 7.11 Å². The highest BCUT2D eigenvalue weighted by molar-refractivity contribution is 5.67. The summed E-state index contributed by atoms with van der Waals surface area (Å²) in [6, 6.07) is 3.73. The molecule has 5 heteroatoms. The zero-order valence-corrected chi connectivity index (χ0v) is 8.88. The minimum absolute atomic E-state index is 0.0797. The number of ether oxygens (including phenoxy) is 1. The first-order valence-electron chi connectivity index (χ1n) is 4.92. The lowest BCUT2D eigenvalue weighted by atomic mass is 10.3. The van der Waals surface area contributed by atoms with Crippen molar-refractivity contribution < 1.29 is 14.6 Å². The van der Waals surface area contributed by atoms with Crippen molar-refractivity contribution in [2.24, 2.45) is 0 Å². The van der Waals surface area contributed by atoms with Crippen LogP contribution < -0.4 is 4.74 Å². The van der Waals surface area contributed by atoms with Gasteiger partial charge in [0, 0.05) is 6.42 Å². The summed E-state index contributed by atoms with van der Waals surface area (Å²) in [6.07, 6.45) is 4.02. The second kappa shape index (κ2) is 4.22. The van der Waals surface area contributed by atoms with Gasteiger partial charge in [0.1, 0.15) is 11.6 Å². The Kier molecular flexibility index (Phi) is 2.76. The van der Waals surface area contributed by atoms with Gasteiger partial charge in [-0.3, -0.25) is 4.79 Å². The number of methoxy groups -OCH3 is 1. The van der Waals surface area contributed by atoms with Gasteiger partial charge in [-0.05, 0) is 12.1 Å². The standard InChI is InChI=1S/C11H12N2O3/c1-16-9-3-2-8-6-12-10(13(8)7-9)4-5-11(14)15/h2-3,6-7H,4-5H2,1H3,(H,14,15). The maximum atomic E-state index is 10.5. The highest BCUT2D eigenvalue weighted by Crippen LogP contribution is 2.15. The zero-order valence-electron chi connectivity index (χ0n) is 8.88. The van der Waals surface area contributed by atoms with Crippen LogP contribution in [0.2, 0.25) is 0 Å². The van der Waals surface area contributed by atoms with Crippen LogP contribution in [-0.4, -0.2) is 27.6 Å². The van der Waals surface area contributed by atoms with Crippen molar-refractivity contribution >= 4 is 11.5 Å². The number of carboxylic acid groups (broad SMARTS) is 1. The van der Waals surface area contributed by atoms with E-state index in [1.807, 2.05) is 16.5 Å². The molecule has 0 saturated carbocycles. The third-order valence-corrected chi connectivity index (χ3v) is 2.37. The number of aromatic nitrogens is 2. The molecule has 0 unspecified atom stereocenters. The van der Waals surface area contributed by atoms with Gasteiger partial charge in [0.2, 0.25) is 0 Å². The molecule has 0 aromatic carbocycles. The molecule has 0 fully saturated rings. The monoisotopic (exact) mass is 220 g/mol. The molecule has 0 aliphatic carbocycles. The second-order valence-corrected chi connectivity index (χ2v) is 3.43. The number of nitrogens with zero attached hydrogens (tertiary/aromatic N) is 2. The van der Waals surface area contributed by atoms with E-state index in [0.717, 1.165) is 17.1 Å². The minimum Gasteiger partial charge on any atom is -0.495 e. The van der Waals surface area contributed by atoms with Crippen molar-refractivity contribution in [2.45, 2.75) is 12.8 Å². The quantitative estimate of drug-likeness (QED) is 0.845. The zero-order chi connectivity index (χ0) is 11.5. The molecule has 2 aromatic rings. The molecule has 0 radical (unpaired) electrons. The summed E-state index contributed by atoms with van der Waals surface area (Å²) in [5, 5.41) is 8.62. The van der Waals surface area contributed by atoms with Crippen LogP contribution in [0.4, 0.5) is 0 Å². The average Bonchev–Trinajstić information content (AvgIpc) is 2.68. The van der Waals surface area contributed by atoms with E-state index in [4.69, 9.17) is 9.84 Å². The van der Waals surface area contributed by atoms with E-state index in [1.54, 1.807) is 19.5 Å². The SMILES string of the molecule is COc1ccc2cnc(CCC(=O)O)n2c1. The van der Waals surface area contributed by atoms with E-state index in [-0.39, 0.29) is 6.42 Å². The molecule has 0 amide bonds. The summed E-state index contributed by atoms with van der Waals surface area (Å²) in [5.74, 6) is 0.637. The Hall–Kier alpha value is -2.04. The van der Waals surface area contributed by atoms with Crippen molar-refractivity contribution in [1.82, 2.24) is 9.38 Å². The molecular formula is C11H12N2O3. The number of carbonyl (C=O) groups is 1. The van der Waals surface area contributed by atoms with Gasteiger partial charge in [-0.1, -0.05) is 0 Å². The topological polar surface area (TPSA) is 63.8 Å². The average molecular weight is 220 g/mol. The lowest BCUT2D eigenvalue weighted by Gasteiger charge is -2.03. The summed E-state index contributed by atoms with van der Waals surface area (Å²) in [4.78, 5) is 14.7. The first-order chi connectivity index (χ1) is 7.70. The summed E-state index contributed by atoms with van der Waals surface area (Å²) >= 11 is 0. The van der Waals surface area contributed by atoms with Crippen molar-refractivity contribution in [3.8, 4) is 5.75 Å². The van der Waals surface area contributed by atoms with E-state index >= 15 is 0 Å². The number of fused-ring (bicyclic) bond motifs is 1. The van der Waals surface area contributed by atoms with Crippen molar-refractivity contribution in [1.29, 1.82) is 0 Å². The van der Waals surface area contributed by atoms with Crippen LogP contribution in [-0.2, 0) is 11.2 Å². The third kappa shape index (κ3) is 1.98. The van der Waals surface area contributed by atoms with E-state index in [0.29, 0.717) is 6.42 Å². The molecule has 0 aliphatic rings. The number of aryl methyl sites for hydroxylation is 1. The molecule has 0 atom stereocenters. The molecule has 0 saturated heterocycles. The van der Waals surface area contributed by atoms with Crippen LogP contribution in [0.15, 0.2) is 24.5 Å². The van der Waals surface area contributed by atoms with Gasteiger partial charge < -0.3 is 14.2 Å². The minimum atomic E-state index is -0.820. The van der Waals surface area contributed by atoms with Gasteiger partial charge in [0.05, 0.1) is 31.4 Å². The Morgan fingerprint density at radius 3 is 3.06 bits per heavy atom. The fraction of sp³-hybridized carbons (Fsp3) is 0.273. The number of pyridine rings is 1. The van der Waals surface area contributed by atoms with E-state index in [2.05, 4.69) is 4.98 Å². The van der Waals surface area contributed by atoms with Gasteiger partial charge in [-0.25, -0.2) is 4.98 Å². The fourth-order valence-corrected chi connectivity index (χ4v) is 1.55. The fourth-order valence-electron chi connectivity index (χ4n) is 1.55. The Balaban J connectivity index is 2.34. The smallest absolute Gasteiger partial charge is 0.303 e. The normalized spacial score (nSPS) is 10.6. The Bertz CT molecular complexity index is 519. The molecule has 0 bridgehead atoms. The van der Waals surface area contributed by atoms with Gasteiger partial charge in [0.25, 0.3) is 0 Å². The van der Waals surface area contributed by atoms with Gasteiger partial charge in [0.15, 0.2) is 0 Å². The van der Waals surface area contributed by atoms with Crippen LogP contribution in [0.1, 0.15) is 12.2 Å². The number of hydrogen-bond acceptors (Lipinski definition) is 3. The van der Waals surface area contributed by atoms with E-state index in [1.165, 1.54) is 0 Å². The van der Waals surface area contributed by atoms with Crippen LogP contribution in [0.3, 0.4) is 0 Å². The van der Waals surface area contributed by atoms with E-state index < -0.39 is 5.97 Å². The van der Waals surface area contributed by atoms with Crippen LogP contribution in [0.25, 0.3) is 5.52 Å². The largest absolute Gasteiger partial charge is 0.495 e. The Morgan fingerprint density at radius 1 is 1.56 bits per heavy atom. The van der Waals surface area contributed by atoms with Gasteiger partial charge in [-0.2, -0.15) is 0 Å². The lowest BCUT2D eigenvalue weighted by Crippen LogP contribution is -2.01. The second-order valence-electron chi connectivity index (χ2n) is 3.43. The highest BCUT2D eigenvalue weighted by atomic mass is 16.5. The number of hydrogen-bond donors (Lipinski definition) is 1. The van der Waals surface area contributed by atoms with Gasteiger partial charge >= 0.3 is 5.97 Å².